The first kappa shape index (κ1) is 20.7. The number of rotatable bonds is 6. The van der Waals surface area contributed by atoms with Gasteiger partial charge in [-0.05, 0) is 36.6 Å². The summed E-state index contributed by atoms with van der Waals surface area (Å²) in [6, 6.07) is 12.4. The SMILES string of the molecule is COCc1cccc(-c2nccc3cnc(NC4CCN(S(C)(=O)=O)CC4)cc23)c1. The van der Waals surface area contributed by atoms with Crippen LogP contribution in [0.15, 0.2) is 48.8 Å². The normalized spacial score (nSPS) is 16.1. The summed E-state index contributed by atoms with van der Waals surface area (Å²) in [5.74, 6) is 0.780. The van der Waals surface area contributed by atoms with Gasteiger partial charge in [-0.3, -0.25) is 4.98 Å². The van der Waals surface area contributed by atoms with Crippen molar-refractivity contribution in [1.82, 2.24) is 14.3 Å². The second-order valence-electron chi connectivity index (χ2n) is 7.66. The van der Waals surface area contributed by atoms with Gasteiger partial charge in [0.2, 0.25) is 10.0 Å². The number of sulfonamides is 1. The topological polar surface area (TPSA) is 84.4 Å². The molecule has 30 heavy (non-hydrogen) atoms. The van der Waals surface area contributed by atoms with Gasteiger partial charge in [0.1, 0.15) is 5.82 Å². The number of ether oxygens (including phenoxy) is 1. The Bertz CT molecular complexity index is 1140. The van der Waals surface area contributed by atoms with Crippen molar-refractivity contribution in [3.05, 3.63) is 54.4 Å². The summed E-state index contributed by atoms with van der Waals surface area (Å²) in [7, 11) is -1.43. The van der Waals surface area contributed by atoms with E-state index in [1.165, 1.54) is 10.6 Å². The monoisotopic (exact) mass is 426 g/mol. The third-order valence-corrected chi connectivity index (χ3v) is 6.74. The number of pyridine rings is 2. The minimum absolute atomic E-state index is 0.193. The average molecular weight is 427 g/mol. The number of aromatic nitrogens is 2. The van der Waals surface area contributed by atoms with Gasteiger partial charge >= 0.3 is 0 Å². The lowest BCUT2D eigenvalue weighted by atomic mass is 10.0. The number of anilines is 1. The Kier molecular flexibility index (Phi) is 5.99. The van der Waals surface area contributed by atoms with Gasteiger partial charge in [0, 0.05) is 55.0 Å². The Balaban J connectivity index is 1.58. The highest BCUT2D eigenvalue weighted by Crippen LogP contribution is 2.29. The highest BCUT2D eigenvalue weighted by molar-refractivity contribution is 7.88. The molecule has 3 heterocycles. The predicted molar refractivity (Wildman–Crippen MR) is 119 cm³/mol. The van der Waals surface area contributed by atoms with Crippen LogP contribution in [0.25, 0.3) is 22.0 Å². The highest BCUT2D eigenvalue weighted by Gasteiger charge is 2.25. The second kappa shape index (κ2) is 8.67. The van der Waals surface area contributed by atoms with E-state index < -0.39 is 10.0 Å². The Morgan fingerprint density at radius 1 is 1.17 bits per heavy atom. The molecule has 0 amide bonds. The van der Waals surface area contributed by atoms with Gasteiger partial charge in [0.25, 0.3) is 0 Å². The molecule has 2 aromatic heterocycles. The van der Waals surface area contributed by atoms with Crippen molar-refractivity contribution in [3.8, 4) is 11.3 Å². The van der Waals surface area contributed by atoms with Crippen molar-refractivity contribution < 1.29 is 13.2 Å². The van der Waals surface area contributed by atoms with Crippen molar-refractivity contribution in [2.45, 2.75) is 25.5 Å². The lowest BCUT2D eigenvalue weighted by Crippen LogP contribution is -2.41. The van der Waals surface area contributed by atoms with Crippen molar-refractivity contribution in [1.29, 1.82) is 0 Å². The average Bonchev–Trinajstić information content (AvgIpc) is 2.73. The summed E-state index contributed by atoms with van der Waals surface area (Å²) in [6.07, 6.45) is 6.43. The summed E-state index contributed by atoms with van der Waals surface area (Å²) in [5.41, 5.74) is 3.04. The van der Waals surface area contributed by atoms with Crippen molar-refractivity contribution in [3.63, 3.8) is 0 Å². The molecule has 0 saturated carbocycles. The van der Waals surface area contributed by atoms with Gasteiger partial charge in [-0.15, -0.1) is 0 Å². The number of benzene rings is 1. The van der Waals surface area contributed by atoms with Crippen LogP contribution < -0.4 is 5.32 Å². The quantitative estimate of drug-likeness (QED) is 0.651. The number of nitrogens with zero attached hydrogens (tertiary/aromatic N) is 3. The van der Waals surface area contributed by atoms with Crippen LogP contribution >= 0.6 is 0 Å². The van der Waals surface area contributed by atoms with E-state index in [4.69, 9.17) is 4.74 Å². The Morgan fingerprint density at radius 2 is 1.97 bits per heavy atom. The fraction of sp³-hybridized carbons (Fsp3) is 0.364. The fourth-order valence-corrected chi connectivity index (χ4v) is 4.76. The molecule has 7 nitrogen and oxygen atoms in total. The molecular weight excluding hydrogens is 400 g/mol. The van der Waals surface area contributed by atoms with E-state index in [9.17, 15) is 8.42 Å². The Labute approximate surface area is 177 Å². The summed E-state index contributed by atoms with van der Waals surface area (Å²) in [4.78, 5) is 9.19. The van der Waals surface area contributed by atoms with E-state index in [1.54, 1.807) is 13.3 Å². The van der Waals surface area contributed by atoms with Gasteiger partial charge < -0.3 is 10.1 Å². The molecule has 1 N–H and O–H groups in total. The van der Waals surface area contributed by atoms with Crippen LogP contribution in [0.4, 0.5) is 5.82 Å². The van der Waals surface area contributed by atoms with Crippen LogP contribution in [-0.2, 0) is 21.4 Å². The van der Waals surface area contributed by atoms with Crippen LogP contribution in [0, 0.1) is 0 Å². The molecule has 1 aromatic carbocycles. The lowest BCUT2D eigenvalue weighted by molar-refractivity contribution is 0.185. The van der Waals surface area contributed by atoms with Crippen molar-refractivity contribution in [2.75, 3.05) is 31.8 Å². The number of fused-ring (bicyclic) bond motifs is 1. The zero-order valence-electron chi connectivity index (χ0n) is 17.2. The minimum Gasteiger partial charge on any atom is -0.380 e. The first-order valence-corrected chi connectivity index (χ1v) is 11.8. The van der Waals surface area contributed by atoms with Crippen LogP contribution in [0.1, 0.15) is 18.4 Å². The van der Waals surface area contributed by atoms with Gasteiger partial charge in [-0.1, -0.05) is 18.2 Å². The molecule has 0 radical (unpaired) electrons. The third kappa shape index (κ3) is 4.61. The fourth-order valence-electron chi connectivity index (χ4n) is 3.89. The maximum absolute atomic E-state index is 11.7. The molecule has 1 saturated heterocycles. The first-order chi connectivity index (χ1) is 14.4. The summed E-state index contributed by atoms with van der Waals surface area (Å²) >= 11 is 0. The number of methoxy groups -OCH3 is 1. The van der Waals surface area contributed by atoms with E-state index in [-0.39, 0.29) is 6.04 Å². The maximum Gasteiger partial charge on any atom is 0.211 e. The van der Waals surface area contributed by atoms with Gasteiger partial charge in [0.15, 0.2) is 0 Å². The molecule has 1 aliphatic rings. The number of nitrogens with one attached hydrogen (secondary N) is 1. The van der Waals surface area contributed by atoms with E-state index in [2.05, 4.69) is 27.4 Å². The zero-order valence-corrected chi connectivity index (χ0v) is 18.0. The van der Waals surface area contributed by atoms with Gasteiger partial charge in [-0.25, -0.2) is 17.7 Å². The van der Waals surface area contributed by atoms with Crippen LogP contribution in [0.3, 0.4) is 0 Å². The molecule has 0 bridgehead atoms. The lowest BCUT2D eigenvalue weighted by Gasteiger charge is -2.30. The van der Waals surface area contributed by atoms with E-state index in [1.807, 2.05) is 30.5 Å². The summed E-state index contributed by atoms with van der Waals surface area (Å²) in [6.45, 7) is 1.62. The predicted octanol–water partition coefficient (Wildman–Crippen LogP) is 3.28. The van der Waals surface area contributed by atoms with Crippen LogP contribution in [0.2, 0.25) is 0 Å². The highest BCUT2D eigenvalue weighted by atomic mass is 32.2. The molecule has 158 valence electrons. The summed E-state index contributed by atoms with van der Waals surface area (Å²) < 4.78 is 30.2. The maximum atomic E-state index is 11.7. The van der Waals surface area contributed by atoms with Crippen molar-refractivity contribution >= 4 is 26.6 Å². The Hall–Kier alpha value is -2.55. The van der Waals surface area contributed by atoms with Gasteiger partial charge in [0.05, 0.1) is 18.6 Å². The van der Waals surface area contributed by atoms with Crippen molar-refractivity contribution in [2.24, 2.45) is 0 Å². The molecular formula is C22H26N4O3S. The van der Waals surface area contributed by atoms with Crippen LogP contribution in [-0.4, -0.2) is 55.2 Å². The molecule has 3 aromatic rings. The van der Waals surface area contributed by atoms with E-state index in [0.717, 1.165) is 46.3 Å². The van der Waals surface area contributed by atoms with E-state index >= 15 is 0 Å². The number of piperidine rings is 1. The Morgan fingerprint density at radius 3 is 2.70 bits per heavy atom. The molecule has 1 aliphatic heterocycles. The standard InChI is InChI=1S/C22H26N4O3S/c1-29-15-16-4-3-5-17(12-16)22-20-13-21(24-14-18(20)6-9-23-22)25-19-7-10-26(11-8-19)30(2,27)28/h3-6,9,12-14,19H,7-8,10-11,15H2,1-2H3,(H,24,25). The van der Waals surface area contributed by atoms with E-state index in [0.29, 0.717) is 19.7 Å². The van der Waals surface area contributed by atoms with Gasteiger partial charge in [-0.2, -0.15) is 0 Å². The van der Waals surface area contributed by atoms with Crippen LogP contribution in [0.5, 0.6) is 0 Å². The first-order valence-electron chi connectivity index (χ1n) is 9.99. The number of hydrogen-bond acceptors (Lipinski definition) is 6. The smallest absolute Gasteiger partial charge is 0.211 e. The number of hydrogen-bond donors (Lipinski definition) is 1. The molecule has 8 heteroatoms. The largest absolute Gasteiger partial charge is 0.380 e. The molecule has 0 spiro atoms. The third-order valence-electron chi connectivity index (χ3n) is 5.43. The molecule has 1 fully saturated rings. The molecule has 0 atom stereocenters. The minimum atomic E-state index is -3.12. The molecule has 4 rings (SSSR count). The summed E-state index contributed by atoms with van der Waals surface area (Å²) in [5, 5.41) is 5.52. The second-order valence-corrected chi connectivity index (χ2v) is 9.65. The molecule has 0 aliphatic carbocycles. The zero-order chi connectivity index (χ0) is 21.1. The molecule has 0 unspecified atom stereocenters.